The van der Waals surface area contributed by atoms with Gasteiger partial charge in [-0.05, 0) is 48.9 Å². The monoisotopic (exact) mass is 365 g/mol. The number of aryl methyl sites for hydroxylation is 3. The summed E-state index contributed by atoms with van der Waals surface area (Å²) in [6.07, 6.45) is 7.55. The highest BCUT2D eigenvalue weighted by Crippen LogP contribution is 2.29. The predicted octanol–water partition coefficient (Wildman–Crippen LogP) is 4.26. The van der Waals surface area contributed by atoms with E-state index in [1.807, 2.05) is 0 Å². The lowest BCUT2D eigenvalue weighted by atomic mass is 9.95. The Kier molecular flexibility index (Phi) is 4.77. The van der Waals surface area contributed by atoms with Gasteiger partial charge in [0.1, 0.15) is 11.4 Å². The second kappa shape index (κ2) is 7.22. The molecule has 5 heteroatoms. The average Bonchev–Trinajstić information content (AvgIpc) is 3.22. The Hall–Kier alpha value is -2.56. The maximum atomic E-state index is 12.5. The van der Waals surface area contributed by atoms with Crippen molar-refractivity contribution in [3.05, 3.63) is 52.8 Å². The molecule has 0 spiro atoms. The van der Waals surface area contributed by atoms with Crippen LogP contribution in [0.1, 0.15) is 60.8 Å². The van der Waals surface area contributed by atoms with E-state index in [1.54, 1.807) is 6.26 Å². The Bertz CT molecular complexity index is 958. The minimum Gasteiger partial charge on any atom is -0.464 e. The zero-order valence-electron chi connectivity index (χ0n) is 16.3. The molecular weight excluding hydrogens is 338 g/mol. The van der Waals surface area contributed by atoms with Crippen LogP contribution in [0.2, 0.25) is 0 Å². The van der Waals surface area contributed by atoms with Crippen LogP contribution in [-0.2, 0) is 30.7 Å². The molecule has 0 radical (unpaired) electrons. The molecule has 1 aliphatic rings. The van der Waals surface area contributed by atoms with E-state index in [9.17, 15) is 4.79 Å². The third-order valence-corrected chi connectivity index (χ3v) is 5.44. The molecule has 5 nitrogen and oxygen atoms in total. The number of imidazole rings is 1. The first-order chi connectivity index (χ1) is 13.0. The molecule has 1 aliphatic heterocycles. The molecule has 2 aromatic heterocycles. The van der Waals surface area contributed by atoms with E-state index in [4.69, 9.17) is 4.42 Å². The van der Waals surface area contributed by atoms with Gasteiger partial charge in [0.05, 0.1) is 24.9 Å². The van der Waals surface area contributed by atoms with E-state index in [0.717, 1.165) is 41.0 Å². The second-order valence-corrected chi connectivity index (χ2v) is 7.87. The number of rotatable bonds is 5. The number of hydrogen-bond donors (Lipinski definition) is 1. The number of amides is 1. The van der Waals surface area contributed by atoms with Gasteiger partial charge in [-0.3, -0.25) is 4.79 Å². The molecule has 1 amide bonds. The molecule has 0 saturated carbocycles. The Labute approximate surface area is 159 Å². The second-order valence-electron chi connectivity index (χ2n) is 7.87. The molecule has 0 saturated heterocycles. The number of nitrogens with zero attached hydrogens (tertiary/aromatic N) is 2. The van der Waals surface area contributed by atoms with Gasteiger partial charge in [-0.15, -0.1) is 0 Å². The lowest BCUT2D eigenvalue weighted by molar-refractivity contribution is -0.120. The van der Waals surface area contributed by atoms with Crippen LogP contribution in [0.15, 0.2) is 29.0 Å². The van der Waals surface area contributed by atoms with Crippen molar-refractivity contribution in [3.8, 4) is 0 Å². The highest BCUT2D eigenvalue weighted by Gasteiger charge is 2.15. The summed E-state index contributed by atoms with van der Waals surface area (Å²) in [5.74, 6) is 1.58. The first-order valence-corrected chi connectivity index (χ1v) is 9.83. The average molecular weight is 365 g/mol. The highest BCUT2D eigenvalue weighted by atomic mass is 16.3. The maximum Gasteiger partial charge on any atom is 0.224 e. The van der Waals surface area contributed by atoms with E-state index in [2.05, 4.69) is 54.0 Å². The van der Waals surface area contributed by atoms with Crippen LogP contribution < -0.4 is 5.32 Å². The third-order valence-electron chi connectivity index (χ3n) is 5.44. The minimum atomic E-state index is -0.00431. The summed E-state index contributed by atoms with van der Waals surface area (Å²) in [6.45, 7) is 7.99. The van der Waals surface area contributed by atoms with Crippen LogP contribution in [0.3, 0.4) is 0 Å². The smallest absolute Gasteiger partial charge is 0.224 e. The molecule has 1 N–H and O–H groups in total. The first kappa shape index (κ1) is 17.8. The van der Waals surface area contributed by atoms with Crippen molar-refractivity contribution >= 4 is 16.9 Å². The van der Waals surface area contributed by atoms with Crippen LogP contribution >= 0.6 is 0 Å². The number of hydrogen-bond acceptors (Lipinski definition) is 3. The Morgan fingerprint density at radius 1 is 1.33 bits per heavy atom. The summed E-state index contributed by atoms with van der Waals surface area (Å²) in [6, 6.07) is 4.24. The van der Waals surface area contributed by atoms with Crippen molar-refractivity contribution < 1.29 is 9.21 Å². The summed E-state index contributed by atoms with van der Waals surface area (Å²) >= 11 is 0. The van der Waals surface area contributed by atoms with E-state index >= 15 is 0 Å². The molecule has 0 fully saturated rings. The molecule has 27 heavy (non-hydrogen) atoms. The van der Waals surface area contributed by atoms with Crippen molar-refractivity contribution in [2.75, 3.05) is 0 Å². The molecule has 142 valence electrons. The number of furan rings is 1. The summed E-state index contributed by atoms with van der Waals surface area (Å²) in [5.41, 5.74) is 5.26. The first-order valence-electron chi connectivity index (χ1n) is 9.83. The van der Waals surface area contributed by atoms with Crippen LogP contribution in [0.5, 0.6) is 0 Å². The molecule has 0 unspecified atom stereocenters. The maximum absolute atomic E-state index is 12.5. The van der Waals surface area contributed by atoms with Gasteiger partial charge in [0.15, 0.2) is 0 Å². The SMILES string of the molecule is Cc1cc2occ(CC(=O)NCc3cn4c(n3)CCCC4)c2cc1C(C)C. The van der Waals surface area contributed by atoms with E-state index < -0.39 is 0 Å². The highest BCUT2D eigenvalue weighted by molar-refractivity contribution is 5.88. The number of fused-ring (bicyclic) bond motifs is 2. The zero-order chi connectivity index (χ0) is 19.0. The van der Waals surface area contributed by atoms with Gasteiger partial charge in [0, 0.05) is 30.1 Å². The number of benzene rings is 1. The van der Waals surface area contributed by atoms with Gasteiger partial charge < -0.3 is 14.3 Å². The topological polar surface area (TPSA) is 60.1 Å². The van der Waals surface area contributed by atoms with Crippen LogP contribution in [0, 0.1) is 6.92 Å². The number of carbonyl (C=O) groups excluding carboxylic acids is 1. The standard InChI is InChI=1S/C22H27N3O2/c1-14(2)18-10-19-16(13-27-20(19)8-15(18)3)9-22(26)23-11-17-12-25-7-5-4-6-21(25)24-17/h8,10,12-14H,4-7,9,11H2,1-3H3,(H,23,26). The fraction of sp³-hybridized carbons (Fsp3) is 0.455. The number of carbonyl (C=O) groups is 1. The van der Waals surface area contributed by atoms with Gasteiger partial charge in [-0.1, -0.05) is 13.8 Å². The quantitative estimate of drug-likeness (QED) is 0.735. The largest absolute Gasteiger partial charge is 0.464 e. The molecule has 3 aromatic rings. The van der Waals surface area contributed by atoms with Crippen LogP contribution in [0.25, 0.3) is 11.0 Å². The zero-order valence-corrected chi connectivity index (χ0v) is 16.3. The molecule has 0 atom stereocenters. The molecule has 4 rings (SSSR count). The van der Waals surface area contributed by atoms with Crippen molar-refractivity contribution in [3.63, 3.8) is 0 Å². The van der Waals surface area contributed by atoms with Gasteiger partial charge >= 0.3 is 0 Å². The molecule has 0 bridgehead atoms. The predicted molar refractivity (Wildman–Crippen MR) is 106 cm³/mol. The van der Waals surface area contributed by atoms with Crippen LogP contribution in [-0.4, -0.2) is 15.5 Å². The van der Waals surface area contributed by atoms with Crippen molar-refractivity contribution in [2.24, 2.45) is 0 Å². The third kappa shape index (κ3) is 3.64. The molecule has 0 aliphatic carbocycles. The normalized spacial score (nSPS) is 13.9. The fourth-order valence-corrected chi connectivity index (χ4v) is 3.99. The summed E-state index contributed by atoms with van der Waals surface area (Å²) in [7, 11) is 0. The van der Waals surface area contributed by atoms with E-state index in [1.165, 1.54) is 24.0 Å². The number of nitrogens with one attached hydrogen (secondary N) is 1. The molecular formula is C22H27N3O2. The summed E-state index contributed by atoms with van der Waals surface area (Å²) in [5, 5.41) is 4.04. The van der Waals surface area contributed by atoms with Gasteiger partial charge in [-0.25, -0.2) is 4.98 Å². The summed E-state index contributed by atoms with van der Waals surface area (Å²) < 4.78 is 7.90. The Balaban J connectivity index is 1.45. The minimum absolute atomic E-state index is 0.00431. The lowest BCUT2D eigenvalue weighted by Crippen LogP contribution is -2.24. The number of aromatic nitrogens is 2. The Morgan fingerprint density at radius 2 is 2.19 bits per heavy atom. The molecule has 3 heterocycles. The Morgan fingerprint density at radius 3 is 2.96 bits per heavy atom. The van der Waals surface area contributed by atoms with Gasteiger partial charge in [0.25, 0.3) is 0 Å². The fourth-order valence-electron chi connectivity index (χ4n) is 3.99. The van der Waals surface area contributed by atoms with Crippen molar-refractivity contribution in [1.82, 2.24) is 14.9 Å². The lowest BCUT2D eigenvalue weighted by Gasteiger charge is -2.11. The van der Waals surface area contributed by atoms with Gasteiger partial charge in [-0.2, -0.15) is 0 Å². The molecule has 1 aromatic carbocycles. The van der Waals surface area contributed by atoms with Crippen molar-refractivity contribution in [1.29, 1.82) is 0 Å². The van der Waals surface area contributed by atoms with Gasteiger partial charge in [0.2, 0.25) is 5.91 Å². The van der Waals surface area contributed by atoms with Crippen LogP contribution in [0.4, 0.5) is 0 Å². The van der Waals surface area contributed by atoms with Crippen molar-refractivity contribution in [2.45, 2.75) is 65.5 Å². The summed E-state index contributed by atoms with van der Waals surface area (Å²) in [4.78, 5) is 17.1. The van der Waals surface area contributed by atoms with E-state index in [0.29, 0.717) is 18.9 Å². The van der Waals surface area contributed by atoms with E-state index in [-0.39, 0.29) is 5.91 Å².